The smallest absolute Gasteiger partial charge is 0.284 e. The van der Waals surface area contributed by atoms with Gasteiger partial charge in [-0.25, -0.2) is 0 Å². The zero-order chi connectivity index (χ0) is 13.5. The summed E-state index contributed by atoms with van der Waals surface area (Å²) in [5, 5.41) is 18.4. The highest BCUT2D eigenvalue weighted by atomic mass is 35.5. The average Bonchev–Trinajstić information content (AvgIpc) is 2.83. The van der Waals surface area contributed by atoms with E-state index in [1.165, 1.54) is 0 Å². The van der Waals surface area contributed by atoms with Gasteiger partial charge >= 0.3 is 0 Å². The number of halogens is 1. The highest BCUT2D eigenvalue weighted by molar-refractivity contribution is 7.17. The molecule has 2 heterocycles. The summed E-state index contributed by atoms with van der Waals surface area (Å²) in [5.74, 6) is 0.0827. The minimum absolute atomic E-state index is 0.114. The van der Waals surface area contributed by atoms with Gasteiger partial charge < -0.3 is 10.0 Å². The van der Waals surface area contributed by atoms with Crippen molar-refractivity contribution >= 4 is 28.8 Å². The number of nitrogens with zero attached hydrogens (tertiary/aromatic N) is 3. The molecule has 0 radical (unpaired) electrons. The van der Waals surface area contributed by atoms with Crippen molar-refractivity contribution in [2.75, 3.05) is 13.1 Å². The van der Waals surface area contributed by atoms with Crippen molar-refractivity contribution in [1.82, 2.24) is 15.1 Å². The predicted octanol–water partition coefficient (Wildman–Crippen LogP) is 1.96. The molecule has 1 aromatic heterocycles. The molecule has 1 saturated heterocycles. The van der Waals surface area contributed by atoms with E-state index in [1.807, 2.05) is 0 Å². The predicted molar refractivity (Wildman–Crippen MR) is 72.3 cm³/mol. The van der Waals surface area contributed by atoms with E-state index in [1.54, 1.807) is 4.90 Å². The maximum Gasteiger partial charge on any atom is 0.284 e. The fraction of sp³-hybridized carbons (Fsp3) is 0.750. The number of hydrogen-bond donors (Lipinski definition) is 1. The Balaban J connectivity index is 1.72. The lowest BCUT2D eigenvalue weighted by Gasteiger charge is -2.47. The highest BCUT2D eigenvalue weighted by Gasteiger charge is 2.44. The molecule has 0 aromatic carbocycles. The molecule has 2 unspecified atom stereocenters. The zero-order valence-electron chi connectivity index (χ0n) is 10.5. The van der Waals surface area contributed by atoms with Gasteiger partial charge in [-0.05, 0) is 30.9 Å². The summed E-state index contributed by atoms with van der Waals surface area (Å²) in [6, 6.07) is 0. The Morgan fingerprint density at radius 1 is 1.42 bits per heavy atom. The lowest BCUT2D eigenvalue weighted by atomic mass is 9.71. The Labute approximate surface area is 120 Å². The third kappa shape index (κ3) is 2.49. The fourth-order valence-corrected chi connectivity index (χ4v) is 3.98. The second-order valence-corrected chi connectivity index (χ2v) is 6.97. The number of carbonyl (C=O) groups excluding carboxylic acids is 1. The van der Waals surface area contributed by atoms with Crippen molar-refractivity contribution in [3.8, 4) is 0 Å². The number of aromatic nitrogens is 2. The first kappa shape index (κ1) is 13.3. The quantitative estimate of drug-likeness (QED) is 0.861. The number of rotatable bonds is 1. The standard InChI is InChI=1S/C12H16ClN3O2S/c13-11-15-14-9(19-11)10(17)16-6-5-12(18)4-2-1-3-8(12)7-16/h8,18H,1-7H2. The maximum absolute atomic E-state index is 12.3. The molecule has 5 nitrogen and oxygen atoms in total. The van der Waals surface area contributed by atoms with Crippen molar-refractivity contribution in [3.05, 3.63) is 9.47 Å². The molecule has 3 rings (SSSR count). The van der Waals surface area contributed by atoms with Gasteiger partial charge in [0.25, 0.3) is 5.91 Å². The minimum Gasteiger partial charge on any atom is -0.389 e. The monoisotopic (exact) mass is 301 g/mol. The summed E-state index contributed by atoms with van der Waals surface area (Å²) in [5.41, 5.74) is -0.562. The second kappa shape index (κ2) is 5.00. The van der Waals surface area contributed by atoms with E-state index < -0.39 is 5.60 Å². The molecule has 1 aromatic rings. The average molecular weight is 302 g/mol. The van der Waals surface area contributed by atoms with Gasteiger partial charge in [-0.1, -0.05) is 24.2 Å². The van der Waals surface area contributed by atoms with Crippen LogP contribution in [0.2, 0.25) is 4.47 Å². The first-order valence-corrected chi connectivity index (χ1v) is 7.78. The Kier molecular flexibility index (Phi) is 3.49. The lowest BCUT2D eigenvalue weighted by molar-refractivity contribution is -0.0886. The van der Waals surface area contributed by atoms with Crippen molar-refractivity contribution in [2.45, 2.75) is 37.7 Å². The van der Waals surface area contributed by atoms with Crippen molar-refractivity contribution in [2.24, 2.45) is 5.92 Å². The Morgan fingerprint density at radius 3 is 3.00 bits per heavy atom. The van der Waals surface area contributed by atoms with Gasteiger partial charge in [0.15, 0.2) is 0 Å². The summed E-state index contributed by atoms with van der Waals surface area (Å²) in [7, 11) is 0. The Hall–Kier alpha value is -0.720. The Morgan fingerprint density at radius 2 is 2.26 bits per heavy atom. The van der Waals surface area contributed by atoms with Crippen LogP contribution >= 0.6 is 22.9 Å². The second-order valence-electron chi connectivity index (χ2n) is 5.41. The number of fused-ring (bicyclic) bond motifs is 1. The Bertz CT molecular complexity index is 495. The maximum atomic E-state index is 12.3. The largest absolute Gasteiger partial charge is 0.389 e. The summed E-state index contributed by atoms with van der Waals surface area (Å²) in [4.78, 5) is 14.1. The van der Waals surface area contributed by atoms with Gasteiger partial charge in [-0.3, -0.25) is 4.79 Å². The molecule has 2 aliphatic rings. The van der Waals surface area contributed by atoms with E-state index in [0.717, 1.165) is 37.0 Å². The molecule has 1 saturated carbocycles. The van der Waals surface area contributed by atoms with Crippen molar-refractivity contribution < 1.29 is 9.90 Å². The van der Waals surface area contributed by atoms with Gasteiger partial charge in [0.1, 0.15) is 0 Å². The summed E-state index contributed by atoms with van der Waals surface area (Å²) >= 11 is 6.82. The van der Waals surface area contributed by atoms with Crippen LogP contribution in [0, 0.1) is 5.92 Å². The van der Waals surface area contributed by atoms with Crippen LogP contribution in [0.4, 0.5) is 0 Å². The molecule has 0 spiro atoms. The van der Waals surface area contributed by atoms with Gasteiger partial charge in [0.05, 0.1) is 5.60 Å². The molecular formula is C12H16ClN3O2S. The topological polar surface area (TPSA) is 66.3 Å². The molecule has 2 fully saturated rings. The summed E-state index contributed by atoms with van der Waals surface area (Å²) in [6.45, 7) is 1.20. The number of amides is 1. The number of carbonyl (C=O) groups is 1. The number of hydrogen-bond acceptors (Lipinski definition) is 5. The van der Waals surface area contributed by atoms with E-state index in [0.29, 0.717) is 24.5 Å². The van der Waals surface area contributed by atoms with E-state index in [2.05, 4.69) is 10.2 Å². The van der Waals surface area contributed by atoms with E-state index >= 15 is 0 Å². The van der Waals surface area contributed by atoms with E-state index in [4.69, 9.17) is 11.6 Å². The third-order valence-electron chi connectivity index (χ3n) is 4.30. The number of likely N-dealkylation sites (tertiary alicyclic amines) is 1. The van der Waals surface area contributed by atoms with Crippen molar-refractivity contribution in [3.63, 3.8) is 0 Å². The highest BCUT2D eigenvalue weighted by Crippen LogP contribution is 2.40. The SMILES string of the molecule is O=C(c1nnc(Cl)s1)N1CCC2(O)CCCCC2C1. The molecule has 2 atom stereocenters. The van der Waals surface area contributed by atoms with E-state index in [9.17, 15) is 9.90 Å². The molecule has 1 N–H and O–H groups in total. The van der Waals surface area contributed by atoms with Crippen LogP contribution in [0.3, 0.4) is 0 Å². The molecule has 1 amide bonds. The molecular weight excluding hydrogens is 286 g/mol. The van der Waals surface area contributed by atoms with Gasteiger partial charge in [-0.15, -0.1) is 10.2 Å². The first-order chi connectivity index (χ1) is 9.08. The third-order valence-corrected chi connectivity index (χ3v) is 5.30. The zero-order valence-corrected chi connectivity index (χ0v) is 12.1. The van der Waals surface area contributed by atoms with Gasteiger partial charge in [0.2, 0.25) is 9.47 Å². The van der Waals surface area contributed by atoms with Crippen LogP contribution in [-0.2, 0) is 0 Å². The van der Waals surface area contributed by atoms with Gasteiger partial charge in [0, 0.05) is 19.0 Å². The van der Waals surface area contributed by atoms with Crippen LogP contribution in [-0.4, -0.2) is 44.8 Å². The first-order valence-electron chi connectivity index (χ1n) is 6.59. The van der Waals surface area contributed by atoms with Crippen LogP contribution < -0.4 is 0 Å². The van der Waals surface area contributed by atoms with Crippen LogP contribution in [0.5, 0.6) is 0 Å². The summed E-state index contributed by atoms with van der Waals surface area (Å²) in [6.07, 6.45) is 4.75. The molecule has 1 aliphatic heterocycles. The lowest BCUT2D eigenvalue weighted by Crippen LogP contribution is -2.54. The fourth-order valence-electron chi connectivity index (χ4n) is 3.18. The number of piperidine rings is 1. The van der Waals surface area contributed by atoms with Crippen molar-refractivity contribution in [1.29, 1.82) is 0 Å². The van der Waals surface area contributed by atoms with Crippen LogP contribution in [0.15, 0.2) is 0 Å². The molecule has 1 aliphatic carbocycles. The molecule has 7 heteroatoms. The van der Waals surface area contributed by atoms with Gasteiger partial charge in [-0.2, -0.15) is 0 Å². The summed E-state index contributed by atoms with van der Waals surface area (Å²) < 4.78 is 0.287. The molecule has 104 valence electrons. The van der Waals surface area contributed by atoms with E-state index in [-0.39, 0.29) is 16.3 Å². The molecule has 0 bridgehead atoms. The normalized spacial score (nSPS) is 31.1. The minimum atomic E-state index is -0.562. The van der Waals surface area contributed by atoms with Crippen LogP contribution in [0.1, 0.15) is 41.9 Å². The molecule has 19 heavy (non-hydrogen) atoms. The number of aliphatic hydroxyl groups is 1. The van der Waals surface area contributed by atoms with Crippen LogP contribution in [0.25, 0.3) is 0 Å².